The van der Waals surface area contributed by atoms with Crippen molar-refractivity contribution in [3.05, 3.63) is 47.0 Å². The van der Waals surface area contributed by atoms with Gasteiger partial charge < -0.3 is 5.32 Å². The van der Waals surface area contributed by atoms with Gasteiger partial charge in [0, 0.05) is 22.6 Å². The van der Waals surface area contributed by atoms with Gasteiger partial charge in [-0.25, -0.2) is 4.98 Å². The minimum absolute atomic E-state index is 0.695. The third kappa shape index (κ3) is 1.95. The zero-order valence-electron chi connectivity index (χ0n) is 9.63. The molecule has 0 atom stereocenters. The van der Waals surface area contributed by atoms with Crippen LogP contribution in [0.1, 0.15) is 5.82 Å². The number of halogens is 1. The summed E-state index contributed by atoms with van der Waals surface area (Å²) in [7, 11) is 0. The number of aryl methyl sites for hydroxylation is 1. The van der Waals surface area contributed by atoms with Gasteiger partial charge in [0.05, 0.1) is 0 Å². The smallest absolute Gasteiger partial charge is 0.204 e. The molecule has 2 aromatic heterocycles. The molecule has 2 heterocycles. The molecule has 0 spiro atoms. The van der Waals surface area contributed by atoms with Gasteiger partial charge in [-0.3, -0.25) is 4.40 Å². The van der Waals surface area contributed by atoms with Gasteiger partial charge in [0.1, 0.15) is 5.82 Å². The van der Waals surface area contributed by atoms with Crippen LogP contribution in [0.5, 0.6) is 0 Å². The summed E-state index contributed by atoms with van der Waals surface area (Å²) < 4.78 is 2.94. The highest BCUT2D eigenvalue weighted by molar-refractivity contribution is 9.10. The molecule has 1 N–H and O–H groups in total. The van der Waals surface area contributed by atoms with E-state index < -0.39 is 0 Å². The zero-order valence-corrected chi connectivity index (χ0v) is 11.2. The minimum atomic E-state index is 0.695. The second-order valence-electron chi connectivity index (χ2n) is 3.85. The number of nitrogens with one attached hydrogen (secondary N) is 1. The molecule has 1 aromatic carbocycles. The van der Waals surface area contributed by atoms with Crippen molar-refractivity contribution in [1.29, 1.82) is 0 Å². The highest BCUT2D eigenvalue weighted by atomic mass is 79.9. The molecular weight excluding hydrogens is 294 g/mol. The van der Waals surface area contributed by atoms with E-state index in [1.807, 2.05) is 41.8 Å². The molecule has 0 radical (unpaired) electrons. The lowest BCUT2D eigenvalue weighted by Crippen LogP contribution is -1.98. The van der Waals surface area contributed by atoms with Crippen molar-refractivity contribution in [2.45, 2.75) is 6.92 Å². The van der Waals surface area contributed by atoms with Crippen LogP contribution in [0.3, 0.4) is 0 Å². The molecule has 0 amide bonds. The van der Waals surface area contributed by atoms with Crippen LogP contribution in [0.4, 0.5) is 11.5 Å². The predicted molar refractivity (Wildman–Crippen MR) is 72.9 cm³/mol. The lowest BCUT2D eigenvalue weighted by molar-refractivity contribution is 1.00. The van der Waals surface area contributed by atoms with E-state index >= 15 is 0 Å². The van der Waals surface area contributed by atoms with Crippen molar-refractivity contribution in [3.8, 4) is 0 Å². The normalized spacial score (nSPS) is 10.8. The van der Waals surface area contributed by atoms with Crippen LogP contribution in [-0.2, 0) is 0 Å². The Bertz CT molecular complexity index is 689. The van der Waals surface area contributed by atoms with Crippen molar-refractivity contribution in [2.24, 2.45) is 0 Å². The first-order valence-corrected chi connectivity index (χ1v) is 6.22. The predicted octanol–water partition coefficient (Wildman–Crippen LogP) is 2.94. The SMILES string of the molecule is Cc1nnc2c(Nc3ccc(Br)cc3)nccn12. The Kier molecular flexibility index (Phi) is 2.71. The quantitative estimate of drug-likeness (QED) is 0.791. The van der Waals surface area contributed by atoms with E-state index in [1.165, 1.54) is 0 Å². The molecule has 0 aliphatic heterocycles. The number of aromatic nitrogens is 4. The highest BCUT2D eigenvalue weighted by Crippen LogP contribution is 2.20. The Labute approximate surface area is 112 Å². The number of hydrogen-bond acceptors (Lipinski definition) is 4. The summed E-state index contributed by atoms with van der Waals surface area (Å²) in [4.78, 5) is 4.29. The Hall–Kier alpha value is -1.95. The third-order valence-corrected chi connectivity index (χ3v) is 3.13. The fourth-order valence-corrected chi connectivity index (χ4v) is 1.96. The Morgan fingerprint density at radius 2 is 1.94 bits per heavy atom. The van der Waals surface area contributed by atoms with Crippen molar-refractivity contribution in [1.82, 2.24) is 19.6 Å². The van der Waals surface area contributed by atoms with Gasteiger partial charge in [0.25, 0.3) is 0 Å². The lowest BCUT2D eigenvalue weighted by atomic mass is 10.3. The van der Waals surface area contributed by atoms with E-state index in [1.54, 1.807) is 6.20 Å². The van der Waals surface area contributed by atoms with Gasteiger partial charge in [-0.2, -0.15) is 0 Å². The van der Waals surface area contributed by atoms with Crippen LogP contribution in [0.15, 0.2) is 41.1 Å². The van der Waals surface area contributed by atoms with Crippen molar-refractivity contribution >= 4 is 33.1 Å². The summed E-state index contributed by atoms with van der Waals surface area (Å²) in [6, 6.07) is 7.88. The summed E-state index contributed by atoms with van der Waals surface area (Å²) in [5.74, 6) is 1.53. The zero-order chi connectivity index (χ0) is 12.5. The van der Waals surface area contributed by atoms with Crippen LogP contribution in [-0.4, -0.2) is 19.6 Å². The van der Waals surface area contributed by atoms with Crippen LogP contribution in [0, 0.1) is 6.92 Å². The molecule has 3 aromatic rings. The van der Waals surface area contributed by atoms with Crippen LogP contribution in [0.25, 0.3) is 5.65 Å². The Morgan fingerprint density at radius 3 is 2.72 bits per heavy atom. The fourth-order valence-electron chi connectivity index (χ4n) is 1.70. The Balaban J connectivity index is 2.02. The maximum Gasteiger partial charge on any atom is 0.204 e. The van der Waals surface area contributed by atoms with E-state index in [-0.39, 0.29) is 0 Å². The molecule has 6 heteroatoms. The van der Waals surface area contributed by atoms with E-state index in [0.717, 1.165) is 21.6 Å². The van der Waals surface area contributed by atoms with Crippen molar-refractivity contribution in [3.63, 3.8) is 0 Å². The van der Waals surface area contributed by atoms with Crippen LogP contribution >= 0.6 is 15.9 Å². The first-order chi connectivity index (χ1) is 8.74. The maximum atomic E-state index is 4.29. The summed E-state index contributed by atoms with van der Waals surface area (Å²) in [6.07, 6.45) is 3.57. The molecule has 3 rings (SSSR count). The van der Waals surface area contributed by atoms with Gasteiger partial charge in [0.15, 0.2) is 5.82 Å². The molecule has 0 unspecified atom stereocenters. The fraction of sp³-hybridized carbons (Fsp3) is 0.0833. The maximum absolute atomic E-state index is 4.29. The first kappa shape index (κ1) is 11.2. The number of anilines is 2. The van der Waals surface area contributed by atoms with Gasteiger partial charge in [-0.05, 0) is 31.2 Å². The second kappa shape index (κ2) is 4.38. The summed E-state index contributed by atoms with van der Waals surface area (Å²) >= 11 is 3.40. The molecule has 0 fully saturated rings. The van der Waals surface area contributed by atoms with E-state index in [0.29, 0.717) is 5.82 Å². The molecule has 0 saturated heterocycles. The van der Waals surface area contributed by atoms with E-state index in [2.05, 4.69) is 36.4 Å². The van der Waals surface area contributed by atoms with E-state index in [9.17, 15) is 0 Å². The minimum Gasteiger partial charge on any atom is -0.337 e. The monoisotopic (exact) mass is 303 g/mol. The van der Waals surface area contributed by atoms with Gasteiger partial charge in [0.2, 0.25) is 5.65 Å². The average molecular weight is 304 g/mol. The van der Waals surface area contributed by atoms with Crippen molar-refractivity contribution < 1.29 is 0 Å². The molecule has 0 bridgehead atoms. The summed E-state index contributed by atoms with van der Waals surface area (Å²) in [5, 5.41) is 11.4. The average Bonchev–Trinajstić information content (AvgIpc) is 2.76. The lowest BCUT2D eigenvalue weighted by Gasteiger charge is -2.06. The summed E-state index contributed by atoms with van der Waals surface area (Å²) in [6.45, 7) is 1.91. The third-order valence-electron chi connectivity index (χ3n) is 2.60. The largest absolute Gasteiger partial charge is 0.337 e. The van der Waals surface area contributed by atoms with Crippen LogP contribution in [0.2, 0.25) is 0 Å². The van der Waals surface area contributed by atoms with Crippen molar-refractivity contribution in [2.75, 3.05) is 5.32 Å². The van der Waals surface area contributed by atoms with Crippen LogP contribution < -0.4 is 5.32 Å². The molecule has 0 saturated carbocycles. The summed E-state index contributed by atoms with van der Waals surface area (Å²) in [5.41, 5.74) is 1.68. The second-order valence-corrected chi connectivity index (χ2v) is 4.76. The first-order valence-electron chi connectivity index (χ1n) is 5.43. The topological polar surface area (TPSA) is 55.1 Å². The van der Waals surface area contributed by atoms with Gasteiger partial charge in [-0.15, -0.1) is 10.2 Å². The Morgan fingerprint density at radius 1 is 1.17 bits per heavy atom. The van der Waals surface area contributed by atoms with E-state index in [4.69, 9.17) is 0 Å². The van der Waals surface area contributed by atoms with Gasteiger partial charge >= 0.3 is 0 Å². The number of nitrogens with zero attached hydrogens (tertiary/aromatic N) is 4. The molecule has 18 heavy (non-hydrogen) atoms. The number of benzene rings is 1. The molecule has 90 valence electrons. The standard InChI is InChI=1S/C12H10BrN5/c1-8-16-17-12-11(14-6-7-18(8)12)15-10-4-2-9(13)3-5-10/h2-7H,1H3,(H,14,15). The number of hydrogen-bond donors (Lipinski definition) is 1. The number of fused-ring (bicyclic) bond motifs is 1. The number of rotatable bonds is 2. The molecule has 0 aliphatic rings. The molecule has 5 nitrogen and oxygen atoms in total. The molecule has 0 aliphatic carbocycles. The highest BCUT2D eigenvalue weighted by Gasteiger charge is 2.07. The molecular formula is C12H10BrN5. The van der Waals surface area contributed by atoms with Gasteiger partial charge in [-0.1, -0.05) is 15.9 Å².